The maximum atomic E-state index is 12.7. The Balaban J connectivity index is 1.17. The molecule has 2 aromatic heterocycles. The topological polar surface area (TPSA) is 106 Å². The molecule has 170 valence electrons. The minimum Gasteiger partial charge on any atom is -0.494 e. The van der Waals surface area contributed by atoms with Crippen molar-refractivity contribution < 1.29 is 13.2 Å². The molecule has 11 heteroatoms. The Kier molecular flexibility index (Phi) is 6.96. The van der Waals surface area contributed by atoms with Gasteiger partial charge in [-0.3, -0.25) is 9.29 Å². The maximum absolute atomic E-state index is 12.7. The summed E-state index contributed by atoms with van der Waals surface area (Å²) in [7, 11) is -3.45. The first-order chi connectivity index (χ1) is 15.6. The standard InChI is InChI=1S/C21H27N7O3S/c1-2-28-24-21(23-25-28)18-6-8-20(9-7-18)31-17-5-3-4-14-26-15-16-27(32(26,29)30)19-10-12-22-13-11-19/h6-13H,2-5,14-17H2,1H3. The molecule has 1 aromatic carbocycles. The van der Waals surface area contributed by atoms with E-state index in [0.717, 1.165) is 30.6 Å². The highest BCUT2D eigenvalue weighted by Crippen LogP contribution is 2.25. The summed E-state index contributed by atoms with van der Waals surface area (Å²) in [6.07, 6.45) is 5.76. The molecule has 0 N–H and O–H groups in total. The summed E-state index contributed by atoms with van der Waals surface area (Å²) in [5, 5.41) is 12.3. The van der Waals surface area contributed by atoms with Crippen LogP contribution in [0.5, 0.6) is 5.75 Å². The van der Waals surface area contributed by atoms with E-state index in [0.29, 0.717) is 44.3 Å². The molecule has 0 atom stereocenters. The van der Waals surface area contributed by atoms with Gasteiger partial charge in [0.2, 0.25) is 5.82 Å². The highest BCUT2D eigenvalue weighted by atomic mass is 32.2. The molecule has 32 heavy (non-hydrogen) atoms. The van der Waals surface area contributed by atoms with E-state index < -0.39 is 10.2 Å². The average Bonchev–Trinajstić information content (AvgIpc) is 3.41. The fourth-order valence-electron chi connectivity index (χ4n) is 3.52. The zero-order valence-corrected chi connectivity index (χ0v) is 18.9. The maximum Gasteiger partial charge on any atom is 0.304 e. The normalized spacial score (nSPS) is 15.8. The molecule has 0 amide bonds. The van der Waals surface area contributed by atoms with Crippen LogP contribution in [0.2, 0.25) is 0 Å². The Hall–Kier alpha value is -3.05. The highest BCUT2D eigenvalue weighted by Gasteiger charge is 2.36. The quantitative estimate of drug-likeness (QED) is 0.430. The summed E-state index contributed by atoms with van der Waals surface area (Å²) in [6, 6.07) is 11.1. The lowest BCUT2D eigenvalue weighted by Crippen LogP contribution is -2.33. The molecule has 10 nitrogen and oxygen atoms in total. The van der Waals surface area contributed by atoms with Gasteiger partial charge < -0.3 is 4.74 Å². The van der Waals surface area contributed by atoms with Gasteiger partial charge >= 0.3 is 10.2 Å². The van der Waals surface area contributed by atoms with Crippen LogP contribution in [-0.4, -0.2) is 64.2 Å². The van der Waals surface area contributed by atoms with Gasteiger partial charge in [0, 0.05) is 37.6 Å². The van der Waals surface area contributed by atoms with Crippen LogP contribution in [0.1, 0.15) is 26.2 Å². The molecule has 0 radical (unpaired) electrons. The number of tetrazole rings is 1. The fourth-order valence-corrected chi connectivity index (χ4v) is 5.17. The molecule has 4 rings (SSSR count). The van der Waals surface area contributed by atoms with Crippen LogP contribution in [0.25, 0.3) is 11.4 Å². The molecule has 0 bridgehead atoms. The average molecular weight is 458 g/mol. The van der Waals surface area contributed by atoms with Crippen LogP contribution in [0.3, 0.4) is 0 Å². The summed E-state index contributed by atoms with van der Waals surface area (Å²) in [5.41, 5.74) is 1.55. The second kappa shape index (κ2) is 10.0. The largest absolute Gasteiger partial charge is 0.494 e. The van der Waals surface area contributed by atoms with Gasteiger partial charge in [-0.15, -0.1) is 10.2 Å². The van der Waals surface area contributed by atoms with E-state index in [-0.39, 0.29) is 0 Å². The van der Waals surface area contributed by atoms with E-state index >= 15 is 0 Å². The minimum absolute atomic E-state index is 0.468. The van der Waals surface area contributed by atoms with Gasteiger partial charge in [0.15, 0.2) is 0 Å². The number of hydrogen-bond acceptors (Lipinski definition) is 7. The number of unbranched alkanes of at least 4 members (excludes halogenated alkanes) is 2. The van der Waals surface area contributed by atoms with E-state index in [9.17, 15) is 8.42 Å². The Bertz CT molecular complexity index is 1100. The molecule has 0 aliphatic carbocycles. The van der Waals surface area contributed by atoms with Crippen molar-refractivity contribution in [3.63, 3.8) is 0 Å². The molecule has 0 unspecified atom stereocenters. The first-order valence-corrected chi connectivity index (χ1v) is 12.2. The molecule has 1 fully saturated rings. The van der Waals surface area contributed by atoms with Crippen molar-refractivity contribution in [1.29, 1.82) is 0 Å². The van der Waals surface area contributed by atoms with Crippen molar-refractivity contribution in [2.24, 2.45) is 0 Å². The summed E-state index contributed by atoms with van der Waals surface area (Å²) >= 11 is 0. The number of rotatable bonds is 10. The monoisotopic (exact) mass is 457 g/mol. The van der Waals surface area contributed by atoms with Gasteiger partial charge in [-0.25, -0.2) is 0 Å². The summed E-state index contributed by atoms with van der Waals surface area (Å²) in [6.45, 7) is 4.72. The molecule has 1 saturated heterocycles. The van der Waals surface area contributed by atoms with Crippen molar-refractivity contribution >= 4 is 15.9 Å². The first kappa shape index (κ1) is 22.2. The van der Waals surface area contributed by atoms with Crippen LogP contribution in [-0.2, 0) is 16.8 Å². The Morgan fingerprint density at radius 2 is 1.78 bits per heavy atom. The molecule has 0 saturated carbocycles. The first-order valence-electron chi connectivity index (χ1n) is 10.8. The zero-order valence-electron chi connectivity index (χ0n) is 18.0. The molecular weight excluding hydrogens is 430 g/mol. The molecule has 1 aliphatic rings. The van der Waals surface area contributed by atoms with Crippen LogP contribution in [0.4, 0.5) is 5.69 Å². The lowest BCUT2D eigenvalue weighted by molar-refractivity contribution is 0.302. The number of aromatic nitrogens is 5. The van der Waals surface area contributed by atoms with E-state index in [4.69, 9.17) is 4.74 Å². The summed E-state index contributed by atoms with van der Waals surface area (Å²) < 4.78 is 34.3. The van der Waals surface area contributed by atoms with Crippen molar-refractivity contribution in [2.45, 2.75) is 32.7 Å². The Morgan fingerprint density at radius 3 is 2.50 bits per heavy atom. The third kappa shape index (κ3) is 5.05. The molecular formula is C21H27N7O3S. The fraction of sp³-hybridized carbons (Fsp3) is 0.429. The highest BCUT2D eigenvalue weighted by molar-refractivity contribution is 7.90. The Morgan fingerprint density at radius 1 is 1.00 bits per heavy atom. The number of benzene rings is 1. The predicted molar refractivity (Wildman–Crippen MR) is 120 cm³/mol. The third-order valence-corrected chi connectivity index (χ3v) is 7.24. The van der Waals surface area contributed by atoms with Crippen molar-refractivity contribution in [1.82, 2.24) is 29.5 Å². The molecule has 0 spiro atoms. The van der Waals surface area contributed by atoms with E-state index in [1.807, 2.05) is 31.2 Å². The lowest BCUT2D eigenvalue weighted by atomic mass is 10.2. The zero-order chi connectivity index (χ0) is 22.4. The van der Waals surface area contributed by atoms with Gasteiger partial charge in [-0.05, 0) is 67.8 Å². The Labute approximate surface area is 188 Å². The van der Waals surface area contributed by atoms with Crippen molar-refractivity contribution in [2.75, 3.05) is 30.5 Å². The molecule has 1 aliphatic heterocycles. The number of anilines is 1. The van der Waals surface area contributed by atoms with E-state index in [1.165, 1.54) is 4.31 Å². The van der Waals surface area contributed by atoms with Gasteiger partial charge in [-0.2, -0.15) is 17.5 Å². The second-order valence-corrected chi connectivity index (χ2v) is 9.27. The lowest BCUT2D eigenvalue weighted by Gasteiger charge is -2.19. The number of aryl methyl sites for hydroxylation is 1. The molecule has 3 heterocycles. The summed E-state index contributed by atoms with van der Waals surface area (Å²) in [4.78, 5) is 5.50. The SMILES string of the molecule is CCn1nnc(-c2ccc(OCCCCCN3CCN(c4ccncc4)S3(=O)=O)cc2)n1. The van der Waals surface area contributed by atoms with E-state index in [1.54, 1.807) is 33.6 Å². The second-order valence-electron chi connectivity index (χ2n) is 7.42. The smallest absolute Gasteiger partial charge is 0.304 e. The molecule has 3 aromatic rings. The van der Waals surface area contributed by atoms with Crippen molar-refractivity contribution in [3.05, 3.63) is 48.8 Å². The number of ether oxygens (including phenoxy) is 1. The van der Waals surface area contributed by atoms with E-state index in [2.05, 4.69) is 20.4 Å². The number of nitrogens with zero attached hydrogens (tertiary/aromatic N) is 7. The van der Waals surface area contributed by atoms with Gasteiger partial charge in [0.05, 0.1) is 18.8 Å². The van der Waals surface area contributed by atoms with Crippen LogP contribution in [0, 0.1) is 0 Å². The summed E-state index contributed by atoms with van der Waals surface area (Å²) in [5.74, 6) is 1.38. The number of hydrogen-bond donors (Lipinski definition) is 0. The number of pyridine rings is 1. The third-order valence-electron chi connectivity index (χ3n) is 5.28. The van der Waals surface area contributed by atoms with Gasteiger partial charge in [0.1, 0.15) is 5.75 Å². The van der Waals surface area contributed by atoms with Gasteiger partial charge in [0.25, 0.3) is 0 Å². The van der Waals surface area contributed by atoms with Gasteiger partial charge in [-0.1, -0.05) is 0 Å². The minimum atomic E-state index is -3.45. The van der Waals surface area contributed by atoms with Crippen LogP contribution in [0.15, 0.2) is 48.8 Å². The van der Waals surface area contributed by atoms with Crippen LogP contribution < -0.4 is 9.04 Å². The van der Waals surface area contributed by atoms with Crippen LogP contribution >= 0.6 is 0 Å². The van der Waals surface area contributed by atoms with Crippen molar-refractivity contribution in [3.8, 4) is 17.1 Å². The predicted octanol–water partition coefficient (Wildman–Crippen LogP) is 2.37.